The Hall–Kier alpha value is -2.89. The maximum Gasteiger partial charge on any atom is 0.311 e. The van der Waals surface area contributed by atoms with E-state index in [0.29, 0.717) is 11.3 Å². The minimum atomic E-state index is -0.548. The van der Waals surface area contributed by atoms with Crippen LogP contribution in [0, 0.1) is 23.0 Å². The normalized spacial score (nSPS) is 10.6. The number of ether oxygens (including phenoxy) is 2. The first-order valence-electron chi connectivity index (χ1n) is 8.03. The molecule has 0 unspecified atom stereocenters. The van der Waals surface area contributed by atoms with Crippen LogP contribution in [0.4, 0.5) is 5.69 Å². The van der Waals surface area contributed by atoms with Gasteiger partial charge in [-0.2, -0.15) is 0 Å². The maximum atomic E-state index is 12.0. The number of hydrogen-bond acceptors (Lipinski definition) is 5. The molecule has 0 bridgehead atoms. The van der Waals surface area contributed by atoms with E-state index in [-0.39, 0.29) is 36.4 Å². The second-order valence-electron chi connectivity index (χ2n) is 5.97. The Morgan fingerprint density at radius 2 is 1.72 bits per heavy atom. The Labute approximate surface area is 146 Å². The smallest absolute Gasteiger partial charge is 0.311 e. The highest BCUT2D eigenvalue weighted by Crippen LogP contribution is 2.29. The summed E-state index contributed by atoms with van der Waals surface area (Å²) in [5.41, 5.74) is 1.22. The number of hydrogen-bond donors (Lipinski definition) is 0. The SMILES string of the molecule is Cc1ccc(OCCOc2ccc(C(=O)C(C)C)cc2[N+](=O)[O-])cc1. The standard InChI is InChI=1S/C19H21NO5/c1-13(2)19(21)15-6-9-18(17(12-15)20(22)23)25-11-10-24-16-7-4-14(3)5-8-16/h4-9,12-13H,10-11H2,1-3H3. The van der Waals surface area contributed by atoms with Crippen molar-refractivity contribution in [2.75, 3.05) is 13.2 Å². The molecular weight excluding hydrogens is 322 g/mol. The van der Waals surface area contributed by atoms with Gasteiger partial charge in [0.15, 0.2) is 11.5 Å². The molecule has 132 valence electrons. The number of carbonyl (C=O) groups is 1. The molecule has 0 aromatic heterocycles. The van der Waals surface area contributed by atoms with E-state index in [9.17, 15) is 14.9 Å². The number of ketones is 1. The molecule has 0 amide bonds. The molecule has 0 N–H and O–H groups in total. The van der Waals surface area contributed by atoms with Gasteiger partial charge in [-0.05, 0) is 31.2 Å². The largest absolute Gasteiger partial charge is 0.490 e. The minimum absolute atomic E-state index is 0.123. The molecular formula is C19H21NO5. The van der Waals surface area contributed by atoms with Crippen molar-refractivity contribution < 1.29 is 19.2 Å². The highest BCUT2D eigenvalue weighted by atomic mass is 16.6. The van der Waals surface area contributed by atoms with E-state index in [2.05, 4.69) is 0 Å². The number of nitro benzene ring substituents is 1. The van der Waals surface area contributed by atoms with Gasteiger partial charge in [0.1, 0.15) is 19.0 Å². The van der Waals surface area contributed by atoms with Crippen LogP contribution in [-0.4, -0.2) is 23.9 Å². The summed E-state index contributed by atoms with van der Waals surface area (Å²) in [5.74, 6) is 0.464. The Morgan fingerprint density at radius 3 is 2.32 bits per heavy atom. The molecule has 0 aliphatic rings. The van der Waals surface area contributed by atoms with Crippen molar-refractivity contribution in [3.8, 4) is 11.5 Å². The third-order valence-corrected chi connectivity index (χ3v) is 3.60. The van der Waals surface area contributed by atoms with Crippen LogP contribution in [0.5, 0.6) is 11.5 Å². The number of carbonyl (C=O) groups excluding carboxylic acids is 1. The van der Waals surface area contributed by atoms with E-state index in [4.69, 9.17) is 9.47 Å². The summed E-state index contributed by atoms with van der Waals surface area (Å²) in [6, 6.07) is 11.8. The van der Waals surface area contributed by atoms with Crippen LogP contribution in [0.1, 0.15) is 29.8 Å². The van der Waals surface area contributed by atoms with Crippen LogP contribution in [-0.2, 0) is 0 Å². The Bertz CT molecular complexity index is 753. The summed E-state index contributed by atoms with van der Waals surface area (Å²) in [7, 11) is 0. The molecule has 2 aromatic rings. The summed E-state index contributed by atoms with van der Waals surface area (Å²) in [4.78, 5) is 22.7. The van der Waals surface area contributed by atoms with Gasteiger partial charge in [-0.1, -0.05) is 31.5 Å². The fourth-order valence-corrected chi connectivity index (χ4v) is 2.21. The molecule has 2 rings (SSSR count). The van der Waals surface area contributed by atoms with Crippen molar-refractivity contribution >= 4 is 11.5 Å². The first-order valence-corrected chi connectivity index (χ1v) is 8.03. The number of benzene rings is 2. The lowest BCUT2D eigenvalue weighted by molar-refractivity contribution is -0.385. The van der Waals surface area contributed by atoms with Crippen LogP contribution in [0.2, 0.25) is 0 Å². The highest BCUT2D eigenvalue weighted by Gasteiger charge is 2.20. The molecule has 0 radical (unpaired) electrons. The number of Topliss-reactive ketones (excluding diaryl/α,β-unsaturated/α-hetero) is 1. The van der Waals surface area contributed by atoms with Gasteiger partial charge in [0.25, 0.3) is 0 Å². The highest BCUT2D eigenvalue weighted by molar-refractivity contribution is 5.98. The third kappa shape index (κ3) is 5.04. The average molecular weight is 343 g/mol. The number of aryl methyl sites for hydroxylation is 1. The lowest BCUT2D eigenvalue weighted by atomic mass is 10.0. The fraction of sp³-hybridized carbons (Fsp3) is 0.316. The lowest BCUT2D eigenvalue weighted by Gasteiger charge is -2.10. The first kappa shape index (κ1) is 18.4. The molecule has 0 heterocycles. The van der Waals surface area contributed by atoms with Crippen LogP contribution in [0.3, 0.4) is 0 Å². The lowest BCUT2D eigenvalue weighted by Crippen LogP contribution is -2.11. The Balaban J connectivity index is 1.99. The number of nitrogens with zero attached hydrogens (tertiary/aromatic N) is 1. The van der Waals surface area contributed by atoms with Crippen LogP contribution in [0.15, 0.2) is 42.5 Å². The van der Waals surface area contributed by atoms with Gasteiger partial charge >= 0.3 is 5.69 Å². The van der Waals surface area contributed by atoms with E-state index < -0.39 is 4.92 Å². The molecule has 0 saturated heterocycles. The van der Waals surface area contributed by atoms with E-state index in [1.54, 1.807) is 19.9 Å². The molecule has 6 nitrogen and oxygen atoms in total. The zero-order valence-corrected chi connectivity index (χ0v) is 14.5. The summed E-state index contributed by atoms with van der Waals surface area (Å²) in [5, 5.41) is 11.2. The van der Waals surface area contributed by atoms with Crippen LogP contribution < -0.4 is 9.47 Å². The van der Waals surface area contributed by atoms with Gasteiger partial charge in [-0.3, -0.25) is 14.9 Å². The summed E-state index contributed by atoms with van der Waals surface area (Å²) in [6.45, 7) is 5.90. The van der Waals surface area contributed by atoms with Crippen LogP contribution >= 0.6 is 0 Å². The topological polar surface area (TPSA) is 78.7 Å². The van der Waals surface area contributed by atoms with E-state index >= 15 is 0 Å². The van der Waals surface area contributed by atoms with Crippen LogP contribution in [0.25, 0.3) is 0 Å². The van der Waals surface area contributed by atoms with E-state index in [1.165, 1.54) is 12.1 Å². The van der Waals surface area contributed by atoms with Gasteiger partial charge in [0.2, 0.25) is 0 Å². The summed E-state index contributed by atoms with van der Waals surface area (Å²) < 4.78 is 11.0. The van der Waals surface area contributed by atoms with E-state index in [0.717, 1.165) is 5.56 Å². The number of rotatable bonds is 8. The van der Waals surface area contributed by atoms with Crippen molar-refractivity contribution in [1.29, 1.82) is 0 Å². The third-order valence-electron chi connectivity index (χ3n) is 3.60. The molecule has 2 aromatic carbocycles. The molecule has 0 aliphatic heterocycles. The van der Waals surface area contributed by atoms with Gasteiger partial charge in [-0.15, -0.1) is 0 Å². The molecule has 0 spiro atoms. The zero-order chi connectivity index (χ0) is 18.4. The Morgan fingerprint density at radius 1 is 1.08 bits per heavy atom. The second kappa shape index (κ2) is 8.28. The first-order chi connectivity index (χ1) is 11.9. The molecule has 0 fully saturated rings. The average Bonchev–Trinajstić information content (AvgIpc) is 2.59. The van der Waals surface area contributed by atoms with Crippen molar-refractivity contribution in [2.24, 2.45) is 5.92 Å². The second-order valence-corrected chi connectivity index (χ2v) is 5.97. The van der Waals surface area contributed by atoms with Crippen molar-refractivity contribution in [3.63, 3.8) is 0 Å². The molecule has 0 atom stereocenters. The van der Waals surface area contributed by atoms with Gasteiger partial charge in [0, 0.05) is 17.5 Å². The summed E-state index contributed by atoms with van der Waals surface area (Å²) in [6.07, 6.45) is 0. The maximum absolute atomic E-state index is 12.0. The molecule has 0 saturated carbocycles. The quantitative estimate of drug-likeness (QED) is 0.311. The van der Waals surface area contributed by atoms with Crippen molar-refractivity contribution in [1.82, 2.24) is 0 Å². The monoisotopic (exact) mass is 343 g/mol. The zero-order valence-electron chi connectivity index (χ0n) is 14.5. The molecule has 6 heteroatoms. The minimum Gasteiger partial charge on any atom is -0.490 e. The number of nitro groups is 1. The summed E-state index contributed by atoms with van der Waals surface area (Å²) >= 11 is 0. The van der Waals surface area contributed by atoms with Crippen molar-refractivity contribution in [3.05, 3.63) is 63.7 Å². The van der Waals surface area contributed by atoms with Gasteiger partial charge < -0.3 is 9.47 Å². The predicted molar refractivity (Wildman–Crippen MR) is 94.4 cm³/mol. The van der Waals surface area contributed by atoms with Crippen molar-refractivity contribution in [2.45, 2.75) is 20.8 Å². The predicted octanol–water partition coefficient (Wildman–Crippen LogP) is 4.20. The molecule has 0 aliphatic carbocycles. The fourth-order valence-electron chi connectivity index (χ4n) is 2.21. The van der Waals surface area contributed by atoms with Gasteiger partial charge in [-0.25, -0.2) is 0 Å². The molecule has 25 heavy (non-hydrogen) atoms. The Kier molecular flexibility index (Phi) is 6.11. The van der Waals surface area contributed by atoms with E-state index in [1.807, 2.05) is 31.2 Å². The van der Waals surface area contributed by atoms with Gasteiger partial charge in [0.05, 0.1) is 4.92 Å².